The van der Waals surface area contributed by atoms with Gasteiger partial charge in [0.15, 0.2) is 0 Å². The fraction of sp³-hybridized carbons (Fsp3) is 0.571. The average molecular weight is 482 g/mol. The SMILES string of the molecule is CC(C)(C)[C@H](NC(=O)n1c(=O)n(CCN2CCOCC2)c2ccccc21)C(=O)NS(C)(=O)=O. The summed E-state index contributed by atoms with van der Waals surface area (Å²) in [6.45, 7) is 8.91. The van der Waals surface area contributed by atoms with Gasteiger partial charge in [0.25, 0.3) is 5.91 Å². The molecule has 0 bridgehead atoms. The third kappa shape index (κ3) is 6.01. The Kier molecular flexibility index (Phi) is 7.29. The first-order valence-corrected chi connectivity index (χ1v) is 12.6. The average Bonchev–Trinajstić information content (AvgIpc) is 3.00. The van der Waals surface area contributed by atoms with E-state index < -0.39 is 39.1 Å². The summed E-state index contributed by atoms with van der Waals surface area (Å²) in [4.78, 5) is 41.2. The molecule has 1 fully saturated rings. The number of hydrogen-bond acceptors (Lipinski definition) is 7. The summed E-state index contributed by atoms with van der Waals surface area (Å²) < 4.78 is 32.9. The summed E-state index contributed by atoms with van der Waals surface area (Å²) in [7, 11) is -3.82. The third-order valence-corrected chi connectivity index (χ3v) is 6.04. The Labute approximate surface area is 192 Å². The number of amides is 2. The smallest absolute Gasteiger partial charge is 0.337 e. The third-order valence-electron chi connectivity index (χ3n) is 5.46. The van der Waals surface area contributed by atoms with Gasteiger partial charge in [-0.1, -0.05) is 32.9 Å². The number of carbonyl (C=O) groups excluding carboxylic acids is 2. The van der Waals surface area contributed by atoms with Crippen LogP contribution in [-0.2, 0) is 26.1 Å². The van der Waals surface area contributed by atoms with Gasteiger partial charge in [-0.05, 0) is 17.5 Å². The van der Waals surface area contributed by atoms with Crippen molar-refractivity contribution < 1.29 is 22.7 Å². The number of nitrogens with zero attached hydrogens (tertiary/aromatic N) is 3. The molecular formula is C21H31N5O6S. The van der Waals surface area contributed by atoms with E-state index in [4.69, 9.17) is 4.74 Å². The van der Waals surface area contributed by atoms with Gasteiger partial charge in [0.05, 0.1) is 30.5 Å². The van der Waals surface area contributed by atoms with Crippen molar-refractivity contribution in [3.8, 4) is 0 Å². The number of hydrogen-bond donors (Lipinski definition) is 2. The molecule has 182 valence electrons. The second-order valence-electron chi connectivity index (χ2n) is 9.20. The summed E-state index contributed by atoms with van der Waals surface area (Å²) in [5.41, 5.74) is -0.349. The first-order chi connectivity index (χ1) is 15.4. The minimum atomic E-state index is -3.82. The maximum Gasteiger partial charge on any atom is 0.337 e. The highest BCUT2D eigenvalue weighted by atomic mass is 32.2. The minimum absolute atomic E-state index is 0.386. The predicted molar refractivity (Wildman–Crippen MR) is 124 cm³/mol. The molecule has 0 spiro atoms. The molecule has 2 amide bonds. The van der Waals surface area contributed by atoms with E-state index in [-0.39, 0.29) is 0 Å². The minimum Gasteiger partial charge on any atom is -0.379 e. The molecular weight excluding hydrogens is 450 g/mol. The van der Waals surface area contributed by atoms with Crippen LogP contribution in [0, 0.1) is 5.41 Å². The zero-order chi connectivity index (χ0) is 24.4. The number of aromatic nitrogens is 2. The molecule has 12 heteroatoms. The van der Waals surface area contributed by atoms with Crippen molar-refractivity contribution in [3.63, 3.8) is 0 Å². The molecule has 2 N–H and O–H groups in total. The van der Waals surface area contributed by atoms with Crippen molar-refractivity contribution in [1.29, 1.82) is 0 Å². The molecule has 2 heterocycles. The number of carbonyl (C=O) groups is 2. The molecule has 1 atom stereocenters. The van der Waals surface area contributed by atoms with Crippen molar-refractivity contribution in [2.24, 2.45) is 5.41 Å². The largest absolute Gasteiger partial charge is 0.379 e. The Morgan fingerprint density at radius 2 is 1.70 bits per heavy atom. The van der Waals surface area contributed by atoms with Crippen LogP contribution in [0.15, 0.2) is 29.1 Å². The van der Waals surface area contributed by atoms with Gasteiger partial charge in [-0.15, -0.1) is 0 Å². The Bertz CT molecular complexity index is 1190. The van der Waals surface area contributed by atoms with Gasteiger partial charge in [0.1, 0.15) is 6.04 Å². The maximum atomic E-state index is 13.3. The quantitative estimate of drug-likeness (QED) is 0.602. The molecule has 0 aliphatic carbocycles. The molecule has 2 aromatic rings. The van der Waals surface area contributed by atoms with Crippen molar-refractivity contribution in [2.75, 3.05) is 39.1 Å². The molecule has 0 radical (unpaired) electrons. The van der Waals surface area contributed by atoms with E-state index in [1.807, 2.05) is 4.72 Å². The van der Waals surface area contributed by atoms with E-state index in [1.165, 1.54) is 4.57 Å². The molecule has 1 aromatic carbocycles. The zero-order valence-corrected chi connectivity index (χ0v) is 20.1. The number of benzene rings is 1. The van der Waals surface area contributed by atoms with Gasteiger partial charge in [-0.2, -0.15) is 0 Å². The van der Waals surface area contributed by atoms with E-state index in [1.54, 1.807) is 45.0 Å². The topological polar surface area (TPSA) is 132 Å². The maximum absolute atomic E-state index is 13.3. The van der Waals surface area contributed by atoms with Gasteiger partial charge in [0, 0.05) is 26.2 Å². The summed E-state index contributed by atoms with van der Waals surface area (Å²) in [6, 6.07) is 4.93. The lowest BCUT2D eigenvalue weighted by Gasteiger charge is -2.29. The normalized spacial score (nSPS) is 16.5. The van der Waals surface area contributed by atoms with Crippen LogP contribution in [0.1, 0.15) is 20.8 Å². The van der Waals surface area contributed by atoms with Crippen LogP contribution in [0.5, 0.6) is 0 Å². The van der Waals surface area contributed by atoms with Crippen LogP contribution in [0.4, 0.5) is 4.79 Å². The number of morpholine rings is 1. The van der Waals surface area contributed by atoms with Crippen molar-refractivity contribution in [3.05, 3.63) is 34.7 Å². The molecule has 0 saturated carbocycles. The lowest BCUT2D eigenvalue weighted by atomic mass is 9.86. The second-order valence-corrected chi connectivity index (χ2v) is 10.9. The van der Waals surface area contributed by atoms with E-state index in [0.29, 0.717) is 37.3 Å². The summed E-state index contributed by atoms with van der Waals surface area (Å²) in [5.74, 6) is -0.873. The number of sulfonamides is 1. The van der Waals surface area contributed by atoms with Crippen LogP contribution < -0.4 is 15.7 Å². The van der Waals surface area contributed by atoms with Crippen molar-refractivity contribution in [1.82, 2.24) is 24.1 Å². The Morgan fingerprint density at radius 1 is 1.09 bits per heavy atom. The molecule has 1 saturated heterocycles. The number of para-hydroxylation sites is 2. The van der Waals surface area contributed by atoms with Gasteiger partial charge in [-0.25, -0.2) is 22.6 Å². The van der Waals surface area contributed by atoms with Crippen molar-refractivity contribution >= 4 is 33.0 Å². The Hall–Kier alpha value is -2.70. The van der Waals surface area contributed by atoms with Crippen LogP contribution >= 0.6 is 0 Å². The summed E-state index contributed by atoms with van der Waals surface area (Å²) >= 11 is 0. The first kappa shape index (κ1) is 24.9. The molecule has 1 aliphatic rings. The van der Waals surface area contributed by atoms with Crippen LogP contribution in [0.3, 0.4) is 0 Å². The van der Waals surface area contributed by atoms with E-state index in [0.717, 1.165) is 23.9 Å². The highest BCUT2D eigenvalue weighted by Crippen LogP contribution is 2.20. The van der Waals surface area contributed by atoms with E-state index in [2.05, 4.69) is 10.2 Å². The van der Waals surface area contributed by atoms with Gasteiger partial charge in [-0.3, -0.25) is 19.0 Å². The standard InChI is InChI=1S/C21H31N5O6S/c1-21(2,3)17(18(27)23-33(4,30)31)22-19(28)26-16-8-6-5-7-15(16)25(20(26)29)10-9-24-11-13-32-14-12-24/h5-8,17H,9-14H2,1-4H3,(H,22,28)(H,23,27)/t17-/m1/s1. The monoisotopic (exact) mass is 481 g/mol. The molecule has 3 rings (SSSR count). The Balaban J connectivity index is 1.91. The predicted octanol–water partition coefficient (Wildman–Crippen LogP) is 0.183. The van der Waals surface area contributed by atoms with Crippen LogP contribution in [-0.4, -0.2) is 79.5 Å². The highest BCUT2D eigenvalue weighted by molar-refractivity contribution is 7.89. The summed E-state index contributed by atoms with van der Waals surface area (Å²) in [5, 5.41) is 2.55. The van der Waals surface area contributed by atoms with Gasteiger partial charge >= 0.3 is 11.7 Å². The van der Waals surface area contributed by atoms with Crippen LogP contribution in [0.25, 0.3) is 11.0 Å². The van der Waals surface area contributed by atoms with Crippen molar-refractivity contribution in [2.45, 2.75) is 33.4 Å². The van der Waals surface area contributed by atoms with E-state index >= 15 is 0 Å². The number of nitrogens with one attached hydrogen (secondary N) is 2. The first-order valence-electron chi connectivity index (χ1n) is 10.7. The number of fused-ring (bicyclic) bond motifs is 1. The fourth-order valence-corrected chi connectivity index (χ4v) is 4.28. The summed E-state index contributed by atoms with van der Waals surface area (Å²) in [6.07, 6.45) is 0.860. The number of ether oxygens (including phenoxy) is 1. The zero-order valence-electron chi connectivity index (χ0n) is 19.3. The lowest BCUT2D eigenvalue weighted by molar-refractivity contribution is -0.123. The number of imidazole rings is 1. The molecule has 33 heavy (non-hydrogen) atoms. The van der Waals surface area contributed by atoms with Gasteiger partial charge in [0.2, 0.25) is 10.0 Å². The number of rotatable bonds is 6. The molecule has 0 unspecified atom stereocenters. The Morgan fingerprint density at radius 3 is 2.27 bits per heavy atom. The highest BCUT2D eigenvalue weighted by Gasteiger charge is 2.35. The van der Waals surface area contributed by atoms with E-state index in [9.17, 15) is 22.8 Å². The lowest BCUT2D eigenvalue weighted by Crippen LogP contribution is -2.56. The fourth-order valence-electron chi connectivity index (χ4n) is 3.79. The molecule has 11 nitrogen and oxygen atoms in total. The van der Waals surface area contributed by atoms with Gasteiger partial charge < -0.3 is 10.1 Å². The molecule has 1 aliphatic heterocycles. The second kappa shape index (κ2) is 9.65. The van der Waals surface area contributed by atoms with Crippen LogP contribution in [0.2, 0.25) is 0 Å². The molecule has 1 aromatic heterocycles.